The van der Waals surface area contributed by atoms with Gasteiger partial charge in [-0.15, -0.1) is 27.7 Å². The van der Waals surface area contributed by atoms with Crippen LogP contribution in [-0.2, 0) is 18.5 Å². The van der Waals surface area contributed by atoms with Gasteiger partial charge < -0.3 is 0 Å². The minimum Gasteiger partial charge on any atom is -0.133 e. The highest BCUT2D eigenvalue weighted by molar-refractivity contribution is 7.16. The smallest absolute Gasteiger partial charge is 0.0125 e. The molecule has 0 aliphatic heterocycles. The van der Waals surface area contributed by atoms with Gasteiger partial charge in [0.2, 0.25) is 0 Å². The summed E-state index contributed by atoms with van der Waals surface area (Å²) in [6, 6.07) is 22.6. The van der Waals surface area contributed by atoms with Crippen LogP contribution in [0.2, 0.25) is 0 Å². The lowest BCUT2D eigenvalue weighted by molar-refractivity contribution is 1.28. The lowest BCUT2D eigenvalue weighted by Crippen LogP contribution is -1.90. The molecule has 0 amide bonds. The monoisotopic (exact) mass is 382 g/mol. The van der Waals surface area contributed by atoms with Crippen LogP contribution in [0.4, 0.5) is 0 Å². The van der Waals surface area contributed by atoms with Gasteiger partial charge in [-0.25, -0.2) is 0 Å². The van der Waals surface area contributed by atoms with Crippen molar-refractivity contribution in [1.82, 2.24) is 0 Å². The van der Waals surface area contributed by atoms with Crippen LogP contribution in [0, 0.1) is 6.92 Å². The van der Waals surface area contributed by atoms with E-state index in [1.807, 2.05) is 0 Å². The zero-order chi connectivity index (χ0) is 17.8. The Morgan fingerprint density at radius 1 is 0.560 bits per heavy atom. The zero-order valence-corrected chi connectivity index (χ0v) is 18.1. The first-order valence-corrected chi connectivity index (χ1v) is 11.0. The lowest BCUT2D eigenvalue weighted by Gasteiger charge is -2.12. The van der Waals surface area contributed by atoms with Crippen molar-refractivity contribution >= 4 is 27.7 Å². The highest BCUT2D eigenvalue weighted by Crippen LogP contribution is 2.30. The predicted molar refractivity (Wildman–Crippen MR) is 122 cm³/mol. The lowest BCUT2D eigenvalue weighted by atomic mass is 9.94. The van der Waals surface area contributed by atoms with Gasteiger partial charge in [-0.05, 0) is 76.0 Å². The van der Waals surface area contributed by atoms with Gasteiger partial charge in [0, 0.05) is 0 Å². The molecule has 25 heavy (non-hydrogen) atoms. The van der Waals surface area contributed by atoms with Gasteiger partial charge in [0.25, 0.3) is 0 Å². The molecule has 3 aromatic carbocycles. The van der Waals surface area contributed by atoms with E-state index in [0.717, 1.165) is 18.5 Å². The molecule has 3 atom stereocenters. The molecular weight excluding hydrogens is 357 g/mol. The number of aryl methyl sites for hydroxylation is 1. The Balaban J connectivity index is 2.04. The third-order valence-electron chi connectivity index (χ3n) is 4.58. The van der Waals surface area contributed by atoms with E-state index in [1.165, 1.54) is 44.5 Å². The van der Waals surface area contributed by atoms with Gasteiger partial charge in [0.1, 0.15) is 0 Å². The molecule has 0 N–H and O–H groups in total. The van der Waals surface area contributed by atoms with Crippen LogP contribution in [0.5, 0.6) is 0 Å². The van der Waals surface area contributed by atoms with E-state index < -0.39 is 0 Å². The minimum absolute atomic E-state index is 0.993. The van der Waals surface area contributed by atoms with E-state index in [4.69, 9.17) is 0 Å². The molecule has 0 fully saturated rings. The summed E-state index contributed by atoms with van der Waals surface area (Å²) >= 11 is 0. The Morgan fingerprint density at radius 3 is 1.76 bits per heavy atom. The van der Waals surface area contributed by atoms with Gasteiger partial charge >= 0.3 is 0 Å². The Morgan fingerprint density at radius 2 is 1.16 bits per heavy atom. The molecular formula is C22H25P3. The standard InChI is InChI=1S/C22H25P3/c1-15-8-20(17-4-2-16(12-23)3-5-17)11-21(9-15)18-6-7-19(13-24)22(10-18)14-25/h2-11H,12-14,23-25H2,1H3. The summed E-state index contributed by atoms with van der Waals surface area (Å²) in [6.45, 7) is 2.18. The van der Waals surface area contributed by atoms with Crippen molar-refractivity contribution in [3.8, 4) is 22.3 Å². The molecule has 0 saturated carbocycles. The van der Waals surface area contributed by atoms with Crippen LogP contribution >= 0.6 is 27.7 Å². The van der Waals surface area contributed by atoms with Gasteiger partial charge in [-0.2, -0.15) is 0 Å². The van der Waals surface area contributed by atoms with Crippen LogP contribution < -0.4 is 0 Å². The molecule has 0 heterocycles. The van der Waals surface area contributed by atoms with Crippen molar-refractivity contribution in [2.75, 3.05) is 0 Å². The van der Waals surface area contributed by atoms with Crippen LogP contribution in [-0.4, -0.2) is 0 Å². The summed E-state index contributed by atoms with van der Waals surface area (Å²) in [6.07, 6.45) is 3.00. The summed E-state index contributed by atoms with van der Waals surface area (Å²) < 4.78 is 0. The second kappa shape index (κ2) is 8.56. The average Bonchev–Trinajstić information content (AvgIpc) is 2.67. The second-order valence-electron chi connectivity index (χ2n) is 6.38. The number of hydrogen-bond acceptors (Lipinski definition) is 0. The van der Waals surface area contributed by atoms with Gasteiger partial charge in [0.05, 0.1) is 0 Å². The first kappa shape index (κ1) is 18.7. The maximum atomic E-state index is 2.85. The molecule has 0 saturated heterocycles. The van der Waals surface area contributed by atoms with E-state index in [0.29, 0.717) is 0 Å². The van der Waals surface area contributed by atoms with Crippen LogP contribution in [0.15, 0.2) is 60.7 Å². The van der Waals surface area contributed by atoms with E-state index in [1.54, 1.807) is 0 Å². The zero-order valence-electron chi connectivity index (χ0n) is 14.6. The predicted octanol–water partition coefficient (Wildman–Crippen LogP) is 6.45. The molecule has 3 rings (SSSR count). The normalized spacial score (nSPS) is 10.9. The van der Waals surface area contributed by atoms with Gasteiger partial charge in [-0.1, -0.05) is 54.6 Å². The van der Waals surface area contributed by atoms with E-state index >= 15 is 0 Å². The summed E-state index contributed by atoms with van der Waals surface area (Å²) in [7, 11) is 8.46. The van der Waals surface area contributed by atoms with Crippen LogP contribution in [0.1, 0.15) is 22.3 Å². The van der Waals surface area contributed by atoms with Crippen molar-refractivity contribution in [3.05, 3.63) is 82.9 Å². The first-order chi connectivity index (χ1) is 12.1. The topological polar surface area (TPSA) is 0 Å². The fourth-order valence-corrected chi connectivity index (χ4v) is 4.19. The highest BCUT2D eigenvalue weighted by atomic mass is 31.0. The van der Waals surface area contributed by atoms with Crippen molar-refractivity contribution < 1.29 is 0 Å². The number of rotatable bonds is 5. The Bertz CT molecular complexity index is 867. The fourth-order valence-electron chi connectivity index (χ4n) is 3.14. The Labute approximate surface area is 158 Å². The third-order valence-corrected chi connectivity index (χ3v) is 5.93. The van der Waals surface area contributed by atoms with Crippen LogP contribution in [0.25, 0.3) is 22.3 Å². The first-order valence-electron chi connectivity index (χ1n) is 8.58. The van der Waals surface area contributed by atoms with Crippen molar-refractivity contribution in [2.45, 2.75) is 25.4 Å². The molecule has 0 bridgehead atoms. The van der Waals surface area contributed by atoms with E-state index in [9.17, 15) is 0 Å². The Kier molecular flexibility index (Phi) is 6.41. The van der Waals surface area contributed by atoms with Crippen molar-refractivity contribution in [3.63, 3.8) is 0 Å². The molecule has 128 valence electrons. The highest BCUT2D eigenvalue weighted by Gasteiger charge is 2.07. The van der Waals surface area contributed by atoms with Crippen molar-refractivity contribution in [1.29, 1.82) is 0 Å². The van der Waals surface area contributed by atoms with Gasteiger partial charge in [-0.3, -0.25) is 0 Å². The van der Waals surface area contributed by atoms with Crippen molar-refractivity contribution in [2.24, 2.45) is 0 Å². The quantitative estimate of drug-likeness (QED) is 0.445. The minimum atomic E-state index is 0.993. The maximum absolute atomic E-state index is 2.85. The van der Waals surface area contributed by atoms with E-state index in [-0.39, 0.29) is 0 Å². The summed E-state index contributed by atoms with van der Waals surface area (Å²) in [5, 5.41) is 0. The molecule has 0 aliphatic carbocycles. The average molecular weight is 382 g/mol. The Hall–Kier alpha value is -1.05. The fraction of sp³-hybridized carbons (Fsp3) is 0.182. The molecule has 0 radical (unpaired) electrons. The SMILES string of the molecule is Cc1cc(-c2ccc(CP)cc2)cc(-c2ccc(CP)c(CP)c2)c1. The number of benzene rings is 3. The molecule has 0 spiro atoms. The molecule has 3 heteroatoms. The summed E-state index contributed by atoms with van der Waals surface area (Å²) in [5.41, 5.74) is 10.6. The van der Waals surface area contributed by atoms with Crippen LogP contribution in [0.3, 0.4) is 0 Å². The van der Waals surface area contributed by atoms with Gasteiger partial charge in [0.15, 0.2) is 0 Å². The maximum Gasteiger partial charge on any atom is -0.0125 e. The summed E-state index contributed by atoms with van der Waals surface area (Å²) in [4.78, 5) is 0. The third kappa shape index (κ3) is 4.38. The molecule has 0 nitrogen and oxygen atoms in total. The molecule has 3 aromatic rings. The van der Waals surface area contributed by atoms with E-state index in [2.05, 4.69) is 95.3 Å². The second-order valence-corrected chi connectivity index (χ2v) is 7.61. The largest absolute Gasteiger partial charge is 0.133 e. The molecule has 0 aliphatic rings. The molecule has 3 unspecified atom stereocenters. The summed E-state index contributed by atoms with van der Waals surface area (Å²) in [5.74, 6) is 0. The molecule has 0 aromatic heterocycles. The number of hydrogen-bond donors (Lipinski definition) is 0.